The molecule has 0 fully saturated rings. The fraction of sp³-hybridized carbons (Fsp3) is 0.133. The highest BCUT2D eigenvalue weighted by molar-refractivity contribution is 6.08. The third-order valence-corrected chi connectivity index (χ3v) is 3.10. The molecule has 0 saturated carbocycles. The molecule has 0 aromatic heterocycles. The molecule has 0 radical (unpaired) electrons. The van der Waals surface area contributed by atoms with Crippen molar-refractivity contribution in [1.29, 1.82) is 0 Å². The van der Waals surface area contributed by atoms with Gasteiger partial charge in [-0.25, -0.2) is 0 Å². The second-order valence-electron chi connectivity index (χ2n) is 4.51. The lowest BCUT2D eigenvalue weighted by Gasteiger charge is -2.10. The number of nitro groups is 1. The Morgan fingerprint density at radius 3 is 2.57 bits per heavy atom. The molecular formula is C15H15N3O3. The van der Waals surface area contributed by atoms with E-state index >= 15 is 0 Å². The Kier molecular flexibility index (Phi) is 4.18. The molecule has 0 spiro atoms. The third-order valence-electron chi connectivity index (χ3n) is 3.10. The average Bonchev–Trinajstić information content (AvgIpc) is 2.48. The molecule has 2 N–H and O–H groups in total. The Morgan fingerprint density at radius 2 is 1.90 bits per heavy atom. The van der Waals surface area contributed by atoms with Crippen molar-refractivity contribution in [3.63, 3.8) is 0 Å². The van der Waals surface area contributed by atoms with Crippen LogP contribution in [0.4, 0.5) is 17.1 Å². The van der Waals surface area contributed by atoms with E-state index < -0.39 is 4.92 Å². The molecule has 0 aliphatic heterocycles. The van der Waals surface area contributed by atoms with E-state index in [4.69, 9.17) is 0 Å². The maximum Gasteiger partial charge on any atom is 0.274 e. The fourth-order valence-electron chi connectivity index (χ4n) is 1.98. The number of amides is 1. The second-order valence-corrected chi connectivity index (χ2v) is 4.51. The molecule has 2 rings (SSSR count). The van der Waals surface area contributed by atoms with Gasteiger partial charge in [-0.15, -0.1) is 0 Å². The highest BCUT2D eigenvalue weighted by Gasteiger charge is 2.14. The Hall–Kier alpha value is -2.89. The van der Waals surface area contributed by atoms with E-state index in [1.807, 2.05) is 6.07 Å². The second kappa shape index (κ2) is 6.04. The van der Waals surface area contributed by atoms with E-state index in [9.17, 15) is 14.9 Å². The van der Waals surface area contributed by atoms with Gasteiger partial charge in [-0.2, -0.15) is 0 Å². The van der Waals surface area contributed by atoms with Crippen LogP contribution in [-0.4, -0.2) is 17.9 Å². The van der Waals surface area contributed by atoms with Crippen LogP contribution in [0.3, 0.4) is 0 Å². The number of rotatable bonds is 4. The maximum atomic E-state index is 12.2. The van der Waals surface area contributed by atoms with E-state index in [1.54, 1.807) is 44.3 Å². The normalized spacial score (nSPS) is 10.0. The molecule has 108 valence electrons. The molecule has 21 heavy (non-hydrogen) atoms. The van der Waals surface area contributed by atoms with Crippen molar-refractivity contribution in [1.82, 2.24) is 0 Å². The molecule has 0 atom stereocenters. The van der Waals surface area contributed by atoms with E-state index in [0.29, 0.717) is 22.5 Å². The fourth-order valence-corrected chi connectivity index (χ4v) is 1.98. The molecule has 2 aromatic carbocycles. The summed E-state index contributed by atoms with van der Waals surface area (Å²) in [5, 5.41) is 16.5. The smallest absolute Gasteiger partial charge is 0.274 e. The number of hydrogen-bond acceptors (Lipinski definition) is 4. The number of nitrogens with one attached hydrogen (secondary N) is 2. The number of para-hydroxylation sites is 1. The van der Waals surface area contributed by atoms with Gasteiger partial charge in [0, 0.05) is 30.1 Å². The minimum absolute atomic E-state index is 0.0188. The molecule has 6 heteroatoms. The summed E-state index contributed by atoms with van der Waals surface area (Å²) >= 11 is 0. The molecular weight excluding hydrogens is 270 g/mol. The van der Waals surface area contributed by atoms with Gasteiger partial charge in [0.2, 0.25) is 0 Å². The lowest BCUT2D eigenvalue weighted by molar-refractivity contribution is -0.385. The maximum absolute atomic E-state index is 12.2. The zero-order valence-corrected chi connectivity index (χ0v) is 11.7. The number of hydrogen-bond donors (Lipinski definition) is 2. The first kappa shape index (κ1) is 14.5. The van der Waals surface area contributed by atoms with Crippen molar-refractivity contribution in [3.05, 3.63) is 63.7 Å². The average molecular weight is 285 g/mol. The van der Waals surface area contributed by atoms with Crippen LogP contribution < -0.4 is 10.6 Å². The summed E-state index contributed by atoms with van der Waals surface area (Å²) in [7, 11) is 1.73. The lowest BCUT2D eigenvalue weighted by Crippen LogP contribution is -2.14. The monoisotopic (exact) mass is 285 g/mol. The number of benzene rings is 2. The van der Waals surface area contributed by atoms with Gasteiger partial charge in [0.15, 0.2) is 0 Å². The molecule has 0 aliphatic carbocycles. The van der Waals surface area contributed by atoms with Gasteiger partial charge in [0.1, 0.15) is 0 Å². The molecule has 2 aromatic rings. The molecule has 6 nitrogen and oxygen atoms in total. The van der Waals surface area contributed by atoms with E-state index in [2.05, 4.69) is 10.6 Å². The van der Waals surface area contributed by atoms with Gasteiger partial charge in [0.05, 0.1) is 10.5 Å². The Labute approximate surface area is 121 Å². The molecule has 1 amide bonds. The molecule has 0 unspecified atom stereocenters. The number of nitrogens with zero attached hydrogens (tertiary/aromatic N) is 1. The predicted molar refractivity (Wildman–Crippen MR) is 81.8 cm³/mol. The van der Waals surface area contributed by atoms with Crippen molar-refractivity contribution < 1.29 is 9.72 Å². The summed E-state index contributed by atoms with van der Waals surface area (Å²) in [5.41, 5.74) is 2.09. The Balaban J connectivity index is 2.28. The first-order valence-corrected chi connectivity index (χ1v) is 6.36. The Bertz CT molecular complexity index is 698. The van der Waals surface area contributed by atoms with Crippen LogP contribution in [0, 0.1) is 17.0 Å². The highest BCUT2D eigenvalue weighted by atomic mass is 16.6. The summed E-state index contributed by atoms with van der Waals surface area (Å²) in [6.45, 7) is 1.65. The first-order chi connectivity index (χ1) is 10.0. The third kappa shape index (κ3) is 3.17. The summed E-state index contributed by atoms with van der Waals surface area (Å²) in [6.07, 6.45) is 0. The van der Waals surface area contributed by atoms with E-state index in [-0.39, 0.29) is 11.6 Å². The predicted octanol–water partition coefficient (Wildman–Crippen LogP) is 3.20. The number of anilines is 2. The minimum atomic E-state index is -0.466. The minimum Gasteiger partial charge on any atom is -0.387 e. The molecule has 0 bridgehead atoms. The SMILES string of the molecule is CNc1ccccc1C(=O)Nc1ccc(C)c([N+](=O)[O-])c1. The highest BCUT2D eigenvalue weighted by Crippen LogP contribution is 2.23. The lowest BCUT2D eigenvalue weighted by atomic mass is 10.1. The standard InChI is InChI=1S/C15H15N3O3/c1-10-7-8-11(9-14(10)18(20)21)17-15(19)12-5-3-4-6-13(12)16-2/h3-9,16H,1-2H3,(H,17,19). The Morgan fingerprint density at radius 1 is 1.19 bits per heavy atom. The number of aryl methyl sites for hydroxylation is 1. The van der Waals surface area contributed by atoms with Gasteiger partial charge in [-0.3, -0.25) is 14.9 Å². The molecule has 0 saturated heterocycles. The summed E-state index contributed by atoms with van der Waals surface area (Å²) in [6, 6.07) is 11.7. The quantitative estimate of drug-likeness (QED) is 0.667. The summed E-state index contributed by atoms with van der Waals surface area (Å²) in [5.74, 6) is -0.321. The van der Waals surface area contributed by atoms with Crippen LogP contribution in [0.1, 0.15) is 15.9 Å². The zero-order chi connectivity index (χ0) is 15.4. The van der Waals surface area contributed by atoms with Gasteiger partial charge >= 0.3 is 0 Å². The van der Waals surface area contributed by atoms with E-state index in [0.717, 1.165) is 0 Å². The summed E-state index contributed by atoms with van der Waals surface area (Å²) < 4.78 is 0. The molecule has 0 heterocycles. The van der Waals surface area contributed by atoms with Crippen LogP contribution in [0.5, 0.6) is 0 Å². The number of nitro benzene ring substituents is 1. The first-order valence-electron chi connectivity index (χ1n) is 6.36. The van der Waals surface area contributed by atoms with Crippen molar-refractivity contribution in [3.8, 4) is 0 Å². The van der Waals surface area contributed by atoms with Crippen LogP contribution >= 0.6 is 0 Å². The van der Waals surface area contributed by atoms with Crippen molar-refractivity contribution in [2.24, 2.45) is 0 Å². The van der Waals surface area contributed by atoms with Crippen LogP contribution in [0.2, 0.25) is 0 Å². The largest absolute Gasteiger partial charge is 0.387 e. The van der Waals surface area contributed by atoms with Crippen molar-refractivity contribution >= 4 is 23.0 Å². The van der Waals surface area contributed by atoms with E-state index in [1.165, 1.54) is 6.07 Å². The van der Waals surface area contributed by atoms with Crippen molar-refractivity contribution in [2.45, 2.75) is 6.92 Å². The van der Waals surface area contributed by atoms with Gasteiger partial charge in [-0.1, -0.05) is 18.2 Å². The zero-order valence-electron chi connectivity index (χ0n) is 11.7. The number of carbonyl (C=O) groups is 1. The topological polar surface area (TPSA) is 84.3 Å². The van der Waals surface area contributed by atoms with Crippen molar-refractivity contribution in [2.75, 3.05) is 17.7 Å². The van der Waals surface area contributed by atoms with Crippen LogP contribution in [0.15, 0.2) is 42.5 Å². The van der Waals surface area contributed by atoms with Gasteiger partial charge in [0.25, 0.3) is 11.6 Å². The summed E-state index contributed by atoms with van der Waals surface area (Å²) in [4.78, 5) is 22.7. The van der Waals surface area contributed by atoms with Crippen LogP contribution in [-0.2, 0) is 0 Å². The van der Waals surface area contributed by atoms with Gasteiger partial charge < -0.3 is 10.6 Å². The van der Waals surface area contributed by atoms with Gasteiger partial charge in [-0.05, 0) is 25.1 Å². The molecule has 0 aliphatic rings. The van der Waals surface area contributed by atoms with Crippen LogP contribution in [0.25, 0.3) is 0 Å². The number of carbonyl (C=O) groups excluding carboxylic acids is 1.